The van der Waals surface area contributed by atoms with Crippen molar-refractivity contribution in [2.45, 2.75) is 31.1 Å². The first kappa shape index (κ1) is 24.8. The molecule has 2 saturated heterocycles. The number of piperazine rings is 1. The number of rotatable bonds is 8. The van der Waals surface area contributed by atoms with Gasteiger partial charge in [-0.3, -0.25) is 4.79 Å². The number of amides is 1. The SMILES string of the molecule is CC1CCN(S(=O)(=O)c2ccc(-c3nnc(C(=O)NCCCN4CCN(C)CC4)o3)cc2)CC1. The van der Waals surface area contributed by atoms with Crippen LogP contribution in [-0.2, 0) is 10.0 Å². The minimum Gasteiger partial charge on any atom is -0.412 e. The Morgan fingerprint density at radius 2 is 1.74 bits per heavy atom. The molecule has 4 rings (SSSR count). The monoisotopic (exact) mass is 490 g/mol. The molecule has 2 aromatic rings. The van der Waals surface area contributed by atoms with E-state index >= 15 is 0 Å². The summed E-state index contributed by atoms with van der Waals surface area (Å²) < 4.78 is 32.9. The molecule has 1 aromatic carbocycles. The lowest BCUT2D eigenvalue weighted by molar-refractivity contribution is 0.0915. The number of carbonyl (C=O) groups excluding carboxylic acids is 1. The Bertz CT molecular complexity index is 1060. The van der Waals surface area contributed by atoms with E-state index in [1.165, 1.54) is 0 Å². The molecule has 186 valence electrons. The maximum atomic E-state index is 12.9. The lowest BCUT2D eigenvalue weighted by Crippen LogP contribution is -2.45. The molecular weight excluding hydrogens is 456 g/mol. The number of nitrogens with zero attached hydrogens (tertiary/aromatic N) is 5. The molecule has 1 N–H and O–H groups in total. The Labute approximate surface area is 201 Å². The minimum atomic E-state index is -3.52. The summed E-state index contributed by atoms with van der Waals surface area (Å²) >= 11 is 0. The van der Waals surface area contributed by atoms with Gasteiger partial charge in [0.2, 0.25) is 15.9 Å². The van der Waals surface area contributed by atoms with Crippen molar-refractivity contribution in [1.82, 2.24) is 29.6 Å². The molecule has 0 spiro atoms. The highest BCUT2D eigenvalue weighted by atomic mass is 32.2. The van der Waals surface area contributed by atoms with Crippen molar-refractivity contribution in [2.75, 3.05) is 59.4 Å². The van der Waals surface area contributed by atoms with Crippen LogP contribution in [0.1, 0.15) is 36.9 Å². The van der Waals surface area contributed by atoms with E-state index in [1.807, 2.05) is 0 Å². The van der Waals surface area contributed by atoms with Crippen molar-refractivity contribution in [3.05, 3.63) is 30.2 Å². The average molecular weight is 491 g/mol. The molecule has 1 aromatic heterocycles. The van der Waals surface area contributed by atoms with Gasteiger partial charge in [0.15, 0.2) is 0 Å². The topological polar surface area (TPSA) is 112 Å². The van der Waals surface area contributed by atoms with E-state index in [-0.39, 0.29) is 16.7 Å². The van der Waals surface area contributed by atoms with Gasteiger partial charge in [0.05, 0.1) is 4.90 Å². The predicted octanol–water partition coefficient (Wildman–Crippen LogP) is 1.52. The summed E-state index contributed by atoms with van der Waals surface area (Å²) in [6, 6.07) is 6.35. The molecular formula is C23H34N6O4S. The normalized spacial score (nSPS) is 19.4. The van der Waals surface area contributed by atoms with Crippen molar-refractivity contribution in [1.29, 1.82) is 0 Å². The summed E-state index contributed by atoms with van der Waals surface area (Å²) in [5.74, 6) is 0.220. The predicted molar refractivity (Wildman–Crippen MR) is 128 cm³/mol. The summed E-state index contributed by atoms with van der Waals surface area (Å²) in [6.07, 6.45) is 2.60. The van der Waals surface area contributed by atoms with Gasteiger partial charge in [-0.2, -0.15) is 4.31 Å². The van der Waals surface area contributed by atoms with E-state index < -0.39 is 15.9 Å². The summed E-state index contributed by atoms with van der Waals surface area (Å²) in [7, 11) is -1.39. The van der Waals surface area contributed by atoms with E-state index in [0.717, 1.165) is 52.0 Å². The molecule has 1 amide bonds. The van der Waals surface area contributed by atoms with Gasteiger partial charge in [0.1, 0.15) is 0 Å². The van der Waals surface area contributed by atoms with Gasteiger partial charge in [0, 0.05) is 51.4 Å². The smallest absolute Gasteiger partial charge is 0.308 e. The van der Waals surface area contributed by atoms with Crippen LogP contribution in [-0.4, -0.2) is 98.0 Å². The van der Waals surface area contributed by atoms with Crippen molar-refractivity contribution in [2.24, 2.45) is 5.92 Å². The molecule has 0 saturated carbocycles. The van der Waals surface area contributed by atoms with Crippen LogP contribution >= 0.6 is 0 Å². The van der Waals surface area contributed by atoms with Crippen molar-refractivity contribution >= 4 is 15.9 Å². The molecule has 0 aliphatic carbocycles. The number of aromatic nitrogens is 2. The summed E-state index contributed by atoms with van der Waals surface area (Å²) in [5, 5.41) is 10.6. The van der Waals surface area contributed by atoms with Crippen molar-refractivity contribution in [3.63, 3.8) is 0 Å². The highest BCUT2D eigenvalue weighted by molar-refractivity contribution is 7.89. The van der Waals surface area contributed by atoms with Crippen LogP contribution in [0, 0.1) is 5.92 Å². The number of sulfonamides is 1. The summed E-state index contributed by atoms with van der Waals surface area (Å²) in [4.78, 5) is 17.3. The highest BCUT2D eigenvalue weighted by Gasteiger charge is 2.28. The third-order valence-corrected chi connectivity index (χ3v) is 8.55. The largest absolute Gasteiger partial charge is 0.412 e. The maximum Gasteiger partial charge on any atom is 0.308 e. The van der Waals surface area contributed by atoms with Gasteiger partial charge in [-0.05, 0) is 63.0 Å². The Morgan fingerprint density at radius 3 is 2.41 bits per heavy atom. The van der Waals surface area contributed by atoms with E-state index in [9.17, 15) is 13.2 Å². The first-order valence-corrected chi connectivity index (χ1v) is 13.4. The zero-order valence-electron chi connectivity index (χ0n) is 19.9. The number of benzene rings is 1. The minimum absolute atomic E-state index is 0.103. The van der Waals surface area contributed by atoms with Crippen LogP contribution in [0.4, 0.5) is 0 Å². The number of piperidine rings is 1. The second kappa shape index (κ2) is 10.9. The quantitative estimate of drug-likeness (QED) is 0.555. The van der Waals surface area contributed by atoms with Gasteiger partial charge < -0.3 is 19.5 Å². The third-order valence-electron chi connectivity index (χ3n) is 6.63. The third kappa shape index (κ3) is 6.01. The molecule has 11 heteroatoms. The van der Waals surface area contributed by atoms with Gasteiger partial charge in [0.25, 0.3) is 0 Å². The van der Waals surface area contributed by atoms with Gasteiger partial charge in [-0.25, -0.2) is 8.42 Å². The first-order valence-electron chi connectivity index (χ1n) is 12.0. The molecule has 0 unspecified atom stereocenters. The number of likely N-dealkylation sites (N-methyl/N-ethyl adjacent to an activating group) is 1. The molecule has 2 aliphatic rings. The first-order chi connectivity index (χ1) is 16.3. The number of nitrogens with one attached hydrogen (secondary N) is 1. The fraction of sp³-hybridized carbons (Fsp3) is 0.609. The summed E-state index contributed by atoms with van der Waals surface area (Å²) in [5.41, 5.74) is 0.563. The zero-order chi connectivity index (χ0) is 24.1. The van der Waals surface area contributed by atoms with Crippen LogP contribution in [0.15, 0.2) is 33.6 Å². The lowest BCUT2D eigenvalue weighted by atomic mass is 10.0. The molecule has 0 radical (unpaired) electrons. The van der Waals surface area contributed by atoms with Crippen LogP contribution in [0.3, 0.4) is 0 Å². The highest BCUT2D eigenvalue weighted by Crippen LogP contribution is 2.25. The van der Waals surface area contributed by atoms with Gasteiger partial charge in [-0.15, -0.1) is 10.2 Å². The second-order valence-electron chi connectivity index (χ2n) is 9.28. The fourth-order valence-electron chi connectivity index (χ4n) is 4.23. The molecule has 10 nitrogen and oxygen atoms in total. The van der Waals surface area contributed by atoms with Crippen molar-refractivity contribution < 1.29 is 17.6 Å². The van der Waals surface area contributed by atoms with E-state index in [4.69, 9.17) is 4.42 Å². The zero-order valence-corrected chi connectivity index (χ0v) is 20.8. The van der Waals surface area contributed by atoms with Crippen LogP contribution in [0.2, 0.25) is 0 Å². The van der Waals surface area contributed by atoms with Crippen LogP contribution in [0.5, 0.6) is 0 Å². The second-order valence-corrected chi connectivity index (χ2v) is 11.2. The Balaban J connectivity index is 1.29. The molecule has 34 heavy (non-hydrogen) atoms. The number of hydrogen-bond acceptors (Lipinski definition) is 8. The van der Waals surface area contributed by atoms with Crippen LogP contribution < -0.4 is 5.32 Å². The molecule has 3 heterocycles. The molecule has 2 aliphatic heterocycles. The Morgan fingerprint density at radius 1 is 1.06 bits per heavy atom. The number of carbonyl (C=O) groups is 1. The lowest BCUT2D eigenvalue weighted by Gasteiger charge is -2.32. The Hall–Kier alpha value is -2.34. The standard InChI is InChI=1S/C23H34N6O4S/c1-18-8-12-29(13-9-18)34(31,32)20-6-4-19(5-7-20)22-25-26-23(33-22)21(30)24-10-3-11-28-16-14-27(2)15-17-28/h4-7,18H,3,8-17H2,1-2H3,(H,24,30). The molecule has 0 bridgehead atoms. The van der Waals surface area contributed by atoms with E-state index in [1.54, 1.807) is 28.6 Å². The maximum absolute atomic E-state index is 12.9. The number of hydrogen-bond donors (Lipinski definition) is 1. The molecule has 2 fully saturated rings. The average Bonchev–Trinajstić information content (AvgIpc) is 3.34. The van der Waals surface area contributed by atoms with Crippen molar-refractivity contribution in [3.8, 4) is 11.5 Å². The fourth-order valence-corrected chi connectivity index (χ4v) is 5.70. The summed E-state index contributed by atoms with van der Waals surface area (Å²) in [6.45, 7) is 8.95. The van der Waals surface area contributed by atoms with E-state index in [2.05, 4.69) is 39.3 Å². The van der Waals surface area contributed by atoms with Gasteiger partial charge in [-0.1, -0.05) is 6.92 Å². The molecule has 0 atom stereocenters. The Kier molecular flexibility index (Phi) is 7.97. The van der Waals surface area contributed by atoms with E-state index in [0.29, 0.717) is 31.1 Å². The van der Waals surface area contributed by atoms with Crippen LogP contribution in [0.25, 0.3) is 11.5 Å². The van der Waals surface area contributed by atoms with Gasteiger partial charge >= 0.3 is 11.8 Å².